The van der Waals surface area contributed by atoms with Crippen LogP contribution in [0.25, 0.3) is 0 Å². The molecule has 2 N–H and O–H groups in total. The molecule has 0 spiro atoms. The maximum atomic E-state index is 9.60. The first-order valence-corrected chi connectivity index (χ1v) is 6.93. The zero-order valence-corrected chi connectivity index (χ0v) is 11.2. The second-order valence-electron chi connectivity index (χ2n) is 3.03. The molecule has 6 heteroatoms. The third kappa shape index (κ3) is 73.9. The van der Waals surface area contributed by atoms with Gasteiger partial charge in [-0.2, -0.15) is 0 Å². The minimum Gasteiger partial charge on any atom is -0.481 e. The van der Waals surface area contributed by atoms with Crippen molar-refractivity contribution in [1.29, 1.82) is 0 Å². The summed E-state index contributed by atoms with van der Waals surface area (Å²) >= 11 is 0. The highest BCUT2D eigenvalue weighted by atomic mass is 32.2. The Morgan fingerprint density at radius 3 is 1.12 bits per heavy atom. The summed E-state index contributed by atoms with van der Waals surface area (Å²) in [5.41, 5.74) is 0. The van der Waals surface area contributed by atoms with Gasteiger partial charge in [-0.1, -0.05) is 13.8 Å². The molecule has 0 saturated heterocycles. The van der Waals surface area contributed by atoms with E-state index in [9.17, 15) is 13.8 Å². The van der Waals surface area contributed by atoms with Crippen LogP contribution in [0, 0.1) is 0 Å². The van der Waals surface area contributed by atoms with Gasteiger partial charge in [0, 0.05) is 36.2 Å². The van der Waals surface area contributed by atoms with Gasteiger partial charge in [-0.3, -0.25) is 13.8 Å². The van der Waals surface area contributed by atoms with E-state index in [0.717, 1.165) is 12.8 Å². The van der Waals surface area contributed by atoms with Crippen molar-refractivity contribution in [2.75, 3.05) is 12.5 Å². The molecule has 0 saturated carbocycles. The maximum Gasteiger partial charge on any atom is 0.303 e. The van der Waals surface area contributed by atoms with Crippen molar-refractivity contribution in [2.45, 2.75) is 39.5 Å². The van der Waals surface area contributed by atoms with Crippen molar-refractivity contribution in [3.63, 3.8) is 0 Å². The summed E-state index contributed by atoms with van der Waals surface area (Å²) in [6.45, 7) is 3.68. The van der Waals surface area contributed by atoms with Crippen LogP contribution in [0.1, 0.15) is 39.5 Å². The van der Waals surface area contributed by atoms with Gasteiger partial charge in [-0.25, -0.2) is 0 Å². The standard InChI is InChI=1S/2C4H8O2.C2H6OS/c2*1-2-3-4(5)6;1-4(2)3/h2*2-3H2,1H3,(H,5,6);1-2H3. The van der Waals surface area contributed by atoms with Crippen molar-refractivity contribution in [3.8, 4) is 0 Å². The monoisotopic (exact) mass is 254 g/mol. The Kier molecular flexibility index (Phi) is 21.2. The summed E-state index contributed by atoms with van der Waals surface area (Å²) < 4.78 is 9.56. The molecule has 5 nitrogen and oxygen atoms in total. The lowest BCUT2D eigenvalue weighted by atomic mass is 10.4. The van der Waals surface area contributed by atoms with Crippen LogP contribution in [0.4, 0.5) is 0 Å². The number of aliphatic carboxylic acids is 2. The summed E-state index contributed by atoms with van der Waals surface area (Å²) in [5, 5.41) is 15.8. The van der Waals surface area contributed by atoms with E-state index in [1.54, 1.807) is 12.5 Å². The zero-order valence-electron chi connectivity index (χ0n) is 10.4. The number of hydrogen-bond donors (Lipinski definition) is 2. The largest absolute Gasteiger partial charge is 0.481 e. The van der Waals surface area contributed by atoms with Gasteiger partial charge in [0.25, 0.3) is 0 Å². The first-order valence-electron chi connectivity index (χ1n) is 4.96. The fraction of sp³-hybridized carbons (Fsp3) is 0.800. The SMILES string of the molecule is CCCC(=O)O.CCCC(=O)O.CS(C)=O. The molecule has 0 aliphatic heterocycles. The molecule has 0 fully saturated rings. The Bertz CT molecular complexity index is 183. The third-order valence-corrected chi connectivity index (χ3v) is 0.928. The quantitative estimate of drug-likeness (QED) is 0.797. The van der Waals surface area contributed by atoms with Gasteiger partial charge in [0.15, 0.2) is 0 Å². The fourth-order valence-corrected chi connectivity index (χ4v) is 0.428. The predicted octanol–water partition coefficient (Wildman–Crippen LogP) is 1.74. The van der Waals surface area contributed by atoms with Crippen molar-refractivity contribution in [3.05, 3.63) is 0 Å². The molecule has 0 aromatic heterocycles. The number of carboxylic acids is 2. The fourth-order valence-electron chi connectivity index (χ4n) is 0.428. The van der Waals surface area contributed by atoms with E-state index in [1.165, 1.54) is 0 Å². The minimum atomic E-state index is -0.711. The summed E-state index contributed by atoms with van der Waals surface area (Å²) in [6.07, 6.45) is 5.32. The highest BCUT2D eigenvalue weighted by molar-refractivity contribution is 7.83. The topological polar surface area (TPSA) is 91.7 Å². The van der Waals surface area contributed by atoms with Crippen molar-refractivity contribution >= 4 is 22.7 Å². The molecule has 0 aromatic carbocycles. The van der Waals surface area contributed by atoms with E-state index < -0.39 is 22.7 Å². The summed E-state index contributed by atoms with van der Waals surface area (Å²) in [6, 6.07) is 0. The Morgan fingerprint density at radius 1 is 0.938 bits per heavy atom. The lowest BCUT2D eigenvalue weighted by Crippen LogP contribution is -1.90. The Hall–Kier alpha value is -0.910. The molecular weight excluding hydrogens is 232 g/mol. The highest BCUT2D eigenvalue weighted by Crippen LogP contribution is 1.82. The van der Waals surface area contributed by atoms with Gasteiger partial charge in [-0.15, -0.1) is 0 Å². The van der Waals surface area contributed by atoms with Gasteiger partial charge in [0.1, 0.15) is 0 Å². The molecule has 98 valence electrons. The summed E-state index contributed by atoms with van der Waals surface area (Å²) in [4.78, 5) is 19.2. The Balaban J connectivity index is -0.000000162. The second-order valence-corrected chi connectivity index (χ2v) is 4.51. The number of carboxylic acid groups (broad SMARTS) is 2. The van der Waals surface area contributed by atoms with E-state index >= 15 is 0 Å². The molecule has 0 aliphatic rings. The van der Waals surface area contributed by atoms with Gasteiger partial charge in [0.05, 0.1) is 0 Å². The van der Waals surface area contributed by atoms with Crippen LogP contribution in [-0.2, 0) is 20.4 Å². The van der Waals surface area contributed by atoms with E-state index in [-0.39, 0.29) is 0 Å². The van der Waals surface area contributed by atoms with Gasteiger partial charge in [0.2, 0.25) is 0 Å². The Labute approximate surface area is 99.3 Å². The smallest absolute Gasteiger partial charge is 0.303 e. The highest BCUT2D eigenvalue weighted by Gasteiger charge is 1.88. The average Bonchev–Trinajstić information content (AvgIpc) is 2.02. The normalized spacial score (nSPS) is 8.31. The van der Waals surface area contributed by atoms with Crippen LogP contribution >= 0.6 is 0 Å². The van der Waals surface area contributed by atoms with Crippen LogP contribution in [0.3, 0.4) is 0 Å². The molecule has 16 heavy (non-hydrogen) atoms. The first-order chi connectivity index (χ1) is 7.27. The maximum absolute atomic E-state index is 9.60. The molecule has 0 rings (SSSR count). The van der Waals surface area contributed by atoms with Crippen molar-refractivity contribution in [2.24, 2.45) is 0 Å². The van der Waals surface area contributed by atoms with Crippen LogP contribution in [0.2, 0.25) is 0 Å². The van der Waals surface area contributed by atoms with E-state index in [2.05, 4.69) is 0 Å². The molecule has 0 unspecified atom stereocenters. The third-order valence-electron chi connectivity index (χ3n) is 0.928. The predicted molar refractivity (Wildman–Crippen MR) is 65.1 cm³/mol. The van der Waals surface area contributed by atoms with Gasteiger partial charge >= 0.3 is 11.9 Å². The van der Waals surface area contributed by atoms with Crippen LogP contribution in [-0.4, -0.2) is 38.9 Å². The molecule has 0 aliphatic carbocycles. The van der Waals surface area contributed by atoms with Crippen LogP contribution < -0.4 is 0 Å². The average molecular weight is 254 g/mol. The molecule has 0 heterocycles. The molecule has 0 radical (unpaired) electrons. The zero-order chi connectivity index (χ0) is 13.6. The molecular formula is C10H22O5S. The lowest BCUT2D eigenvalue weighted by molar-refractivity contribution is -0.138. The number of rotatable bonds is 4. The van der Waals surface area contributed by atoms with E-state index in [4.69, 9.17) is 10.2 Å². The number of carbonyl (C=O) groups is 2. The molecule has 0 bridgehead atoms. The number of hydrogen-bond acceptors (Lipinski definition) is 3. The molecule has 0 aromatic rings. The second kappa shape index (κ2) is 16.5. The Morgan fingerprint density at radius 2 is 1.12 bits per heavy atom. The van der Waals surface area contributed by atoms with E-state index in [1.807, 2.05) is 13.8 Å². The van der Waals surface area contributed by atoms with Gasteiger partial charge < -0.3 is 10.2 Å². The lowest BCUT2D eigenvalue weighted by Gasteiger charge is -1.79. The van der Waals surface area contributed by atoms with Crippen molar-refractivity contribution < 1.29 is 24.0 Å². The first kappa shape index (κ1) is 20.5. The molecule has 0 amide bonds. The summed E-state index contributed by atoms with van der Waals surface area (Å²) in [5.74, 6) is -1.42. The summed E-state index contributed by atoms with van der Waals surface area (Å²) in [7, 11) is -0.611. The van der Waals surface area contributed by atoms with Crippen LogP contribution in [0.5, 0.6) is 0 Å². The van der Waals surface area contributed by atoms with E-state index in [0.29, 0.717) is 12.8 Å². The van der Waals surface area contributed by atoms with Crippen molar-refractivity contribution in [1.82, 2.24) is 0 Å². The van der Waals surface area contributed by atoms with Gasteiger partial charge in [-0.05, 0) is 12.8 Å². The minimum absolute atomic E-state index is 0.292. The molecule has 0 atom stereocenters. The van der Waals surface area contributed by atoms with Crippen LogP contribution in [0.15, 0.2) is 0 Å².